The van der Waals surface area contributed by atoms with Gasteiger partial charge in [0.1, 0.15) is 76.5 Å². The van der Waals surface area contributed by atoms with Crippen molar-refractivity contribution in [3.05, 3.63) is 206 Å². The Labute approximate surface area is 695 Å². The Hall–Kier alpha value is -13.4. The van der Waals surface area contributed by atoms with Crippen molar-refractivity contribution in [2.45, 2.75) is 142 Å². The van der Waals surface area contributed by atoms with Crippen LogP contribution >= 0.6 is 0 Å². The topological polar surface area (TPSA) is 394 Å². The molecule has 0 bridgehead atoms. The number of nitro groups is 1. The number of hydrogen-bond donors (Lipinski definition) is 6. The average Bonchev–Trinajstić information content (AvgIpc) is 1.62. The number of allylic oxidation sites excluding steroid dienone is 1. The number of aromatic nitrogens is 12. The molecule has 0 aliphatic carbocycles. The second kappa shape index (κ2) is 36.6. The van der Waals surface area contributed by atoms with E-state index in [0.29, 0.717) is 120 Å². The molecule has 3 saturated heterocycles. The zero-order valence-electron chi connectivity index (χ0n) is 69.1. The number of anilines is 4. The summed E-state index contributed by atoms with van der Waals surface area (Å²) in [6, 6.07) is 44.0. The summed E-state index contributed by atoms with van der Waals surface area (Å²) in [6.07, 6.45) is 12.1. The number of ether oxygens (including phenoxy) is 3. The molecule has 0 spiro atoms. The Bertz CT molecular complexity index is 5710. The van der Waals surface area contributed by atoms with Gasteiger partial charge in [-0.25, -0.2) is 43.9 Å². The molecular formula is C89H102N22O9. The van der Waals surface area contributed by atoms with E-state index >= 15 is 0 Å². The van der Waals surface area contributed by atoms with E-state index in [0.717, 1.165) is 88.9 Å². The monoisotopic (exact) mass is 1620 g/mol. The van der Waals surface area contributed by atoms with Crippen molar-refractivity contribution in [1.82, 2.24) is 84.6 Å². The Kier molecular flexibility index (Phi) is 25.8. The number of benzene rings is 6. The van der Waals surface area contributed by atoms with Crippen molar-refractivity contribution in [1.29, 1.82) is 0 Å². The summed E-state index contributed by atoms with van der Waals surface area (Å²) in [5.41, 5.74) is 25.4. The van der Waals surface area contributed by atoms with Crippen LogP contribution in [0, 0.1) is 10.1 Å². The third kappa shape index (κ3) is 20.6. The molecule has 0 atom stereocenters. The molecule has 31 heteroatoms. The molecule has 3 amide bonds. The number of fused-ring (bicyclic) bond motifs is 3. The SMILES string of the molecule is C=CC(=O)Cc1cc(-c2nn(C3CCN(CC(=O)NC(C)(C)C)CC3)c3ncnc(N)c23)ccc1Oc1ccccc1.C=CC(=O)Nc1cc(-c2nn(C3CCN(C(C)(C)C)CC3)c3ncnc(N)c23)ccc1Oc1ccccc1.CC(C)(C)NC(=O)CN1CCC(n2nc(-c3ccc(Oc4ccccc4)c([N+](=O)[O-])c3)c3c(N)ncnc32)CC1. The predicted octanol–water partition coefficient (Wildman–Crippen LogP) is 14.5. The highest BCUT2D eigenvalue weighted by molar-refractivity contribution is 6.03. The van der Waals surface area contributed by atoms with Crippen molar-refractivity contribution in [2.75, 3.05) is 74.9 Å². The Morgan fingerprint density at radius 3 is 1.23 bits per heavy atom. The fourth-order valence-corrected chi connectivity index (χ4v) is 15.1. The van der Waals surface area contributed by atoms with E-state index < -0.39 is 4.92 Å². The number of hydrogen-bond acceptors (Lipinski definition) is 24. The normalized spacial score (nSPS) is 14.7. The number of nitrogens with two attached hydrogens (primary N) is 3. The first-order valence-electron chi connectivity index (χ1n) is 40.1. The molecule has 3 fully saturated rings. The summed E-state index contributed by atoms with van der Waals surface area (Å²) < 4.78 is 23.8. The van der Waals surface area contributed by atoms with Gasteiger partial charge in [0.05, 0.1) is 58.0 Å². The molecule has 3 aliphatic heterocycles. The van der Waals surface area contributed by atoms with E-state index in [9.17, 15) is 29.3 Å². The number of piperidine rings is 3. The number of nitrogen functional groups attached to an aromatic ring is 3. The van der Waals surface area contributed by atoms with Gasteiger partial charge in [-0.1, -0.05) is 67.8 Å². The molecule has 120 heavy (non-hydrogen) atoms. The lowest BCUT2D eigenvalue weighted by molar-refractivity contribution is -0.385. The van der Waals surface area contributed by atoms with Gasteiger partial charge in [0, 0.05) is 90.6 Å². The zero-order chi connectivity index (χ0) is 85.2. The van der Waals surface area contributed by atoms with E-state index in [1.807, 2.05) is 159 Å². The molecule has 15 rings (SSSR count). The Balaban J connectivity index is 0.000000156. The number of amides is 3. The maximum absolute atomic E-state index is 12.5. The van der Waals surface area contributed by atoms with E-state index in [-0.39, 0.29) is 81.9 Å². The highest BCUT2D eigenvalue weighted by atomic mass is 16.6. The fraction of sp³-hybridized carbons (Fsp3) is 0.337. The highest BCUT2D eigenvalue weighted by Gasteiger charge is 2.34. The van der Waals surface area contributed by atoms with Crippen molar-refractivity contribution >= 4 is 85.4 Å². The summed E-state index contributed by atoms with van der Waals surface area (Å²) in [4.78, 5) is 94.1. The van der Waals surface area contributed by atoms with Crippen LogP contribution in [0.5, 0.6) is 34.5 Å². The van der Waals surface area contributed by atoms with Gasteiger partial charge in [0.25, 0.3) is 0 Å². The van der Waals surface area contributed by atoms with Crippen molar-refractivity contribution in [3.63, 3.8) is 0 Å². The molecule has 31 nitrogen and oxygen atoms in total. The first kappa shape index (κ1) is 84.5. The van der Waals surface area contributed by atoms with Crippen LogP contribution in [0.15, 0.2) is 190 Å². The predicted molar refractivity (Wildman–Crippen MR) is 464 cm³/mol. The van der Waals surface area contributed by atoms with E-state index in [1.54, 1.807) is 36.4 Å². The van der Waals surface area contributed by atoms with Crippen molar-refractivity contribution in [2.24, 2.45) is 0 Å². The maximum atomic E-state index is 12.5. The molecule has 6 aromatic carbocycles. The Morgan fingerprint density at radius 2 is 0.850 bits per heavy atom. The largest absolute Gasteiger partial charge is 0.457 e. The van der Waals surface area contributed by atoms with Gasteiger partial charge in [-0.2, -0.15) is 15.3 Å². The molecular weight excluding hydrogens is 1520 g/mol. The zero-order valence-corrected chi connectivity index (χ0v) is 69.1. The quantitative estimate of drug-likeness (QED) is 0.0208. The summed E-state index contributed by atoms with van der Waals surface area (Å²) >= 11 is 0. The lowest BCUT2D eigenvalue weighted by Crippen LogP contribution is -2.47. The summed E-state index contributed by atoms with van der Waals surface area (Å²) in [6.45, 7) is 31.4. The first-order valence-corrected chi connectivity index (χ1v) is 40.1. The summed E-state index contributed by atoms with van der Waals surface area (Å²) in [5, 5.41) is 37.7. The maximum Gasteiger partial charge on any atom is 0.312 e. The molecule has 9 N–H and O–H groups in total. The Morgan fingerprint density at radius 1 is 0.483 bits per heavy atom. The number of para-hydroxylation sites is 3. The molecule has 622 valence electrons. The molecule has 3 aliphatic rings. The van der Waals surface area contributed by atoms with Crippen LogP contribution in [0.2, 0.25) is 0 Å². The van der Waals surface area contributed by atoms with E-state index in [4.69, 9.17) is 46.7 Å². The van der Waals surface area contributed by atoms with Crippen LogP contribution in [0.4, 0.5) is 28.8 Å². The van der Waals surface area contributed by atoms with Crippen molar-refractivity contribution < 1.29 is 38.3 Å². The lowest BCUT2D eigenvalue weighted by Gasteiger charge is -2.40. The minimum atomic E-state index is -0.480. The van der Waals surface area contributed by atoms with Gasteiger partial charge in [-0.3, -0.25) is 44.0 Å². The van der Waals surface area contributed by atoms with Crippen LogP contribution in [-0.4, -0.2) is 171 Å². The van der Waals surface area contributed by atoms with Crippen molar-refractivity contribution in [3.8, 4) is 68.3 Å². The smallest absolute Gasteiger partial charge is 0.312 e. The number of nitrogens with zero attached hydrogens (tertiary/aromatic N) is 16. The molecule has 12 aromatic rings. The fourth-order valence-electron chi connectivity index (χ4n) is 15.1. The van der Waals surface area contributed by atoms with Gasteiger partial charge in [0.15, 0.2) is 28.5 Å². The van der Waals surface area contributed by atoms with Crippen LogP contribution in [0.3, 0.4) is 0 Å². The van der Waals surface area contributed by atoms with E-state index in [2.05, 4.69) is 94.5 Å². The standard InChI is InChI=1S/C32H37N7O3.C29H33N7O2.C28H32N8O4/c1-5-24(40)18-22-17-21(11-12-26(22)42-25-9-7-6-8-10-25)29-28-30(33)34-20-35-31(28)39(37-29)23-13-15-38(16-14-23)19-27(41)36-32(2,3)4;1-5-24(37)33-22-17-19(11-12-23(22)38-21-9-7-6-8-10-21)26-25-27(30)31-18-32-28(25)36(34-26)20-13-15-35(16-14-20)29(2,3)4;1-28(2,3)32-23(37)16-34-13-11-19(12-14-34)35-27-24(26(29)30-17-31-27)25(33-35)18-9-10-22(21(15-18)36(38)39)40-20-7-5-4-6-8-20/h5-12,17,20,23H,1,13-16,18-19H2,2-4H3,(H,36,41)(H2,33,34,35);5-12,17-18,20H,1,13-16H2,2-4H3,(H,33,37)(H2,30,31,32);4-10,15,17,19H,11-14,16H2,1-3H3,(H,32,37)(H2,29,30,31). The highest BCUT2D eigenvalue weighted by Crippen LogP contribution is 2.43. The van der Waals surface area contributed by atoms with Crippen LogP contribution in [-0.2, 0) is 25.6 Å². The van der Waals surface area contributed by atoms with Gasteiger partial charge in [0.2, 0.25) is 23.5 Å². The lowest BCUT2D eigenvalue weighted by atomic mass is 9.98. The third-order valence-corrected chi connectivity index (χ3v) is 20.8. The number of carbonyl (C=O) groups is 4. The van der Waals surface area contributed by atoms with Crippen LogP contribution < -0.4 is 47.4 Å². The van der Waals surface area contributed by atoms with E-state index in [1.165, 1.54) is 37.2 Å². The summed E-state index contributed by atoms with van der Waals surface area (Å²) in [7, 11) is 0. The number of nitrogens with one attached hydrogen (secondary N) is 3. The first-order chi connectivity index (χ1) is 57.4. The number of rotatable bonds is 22. The molecule has 0 radical (unpaired) electrons. The molecule has 9 heterocycles. The number of nitro benzene ring substituents is 1. The van der Waals surface area contributed by atoms with Gasteiger partial charge in [-0.15, -0.1) is 0 Å². The second-order valence-electron chi connectivity index (χ2n) is 33.0. The minimum absolute atomic E-state index is 0.000394. The van der Waals surface area contributed by atoms with Crippen LogP contribution in [0.25, 0.3) is 66.9 Å². The van der Waals surface area contributed by atoms with Crippen LogP contribution in [0.1, 0.15) is 125 Å². The van der Waals surface area contributed by atoms with Gasteiger partial charge < -0.3 is 47.4 Å². The molecule has 0 unspecified atom stereocenters. The van der Waals surface area contributed by atoms with Gasteiger partial charge in [-0.05, 0) is 198 Å². The number of likely N-dealkylation sites (tertiary alicyclic amines) is 3. The molecule has 0 saturated carbocycles. The molecule has 6 aromatic heterocycles. The number of ketones is 1. The average molecular weight is 1620 g/mol. The summed E-state index contributed by atoms with van der Waals surface area (Å²) in [5.74, 6) is 3.53. The third-order valence-electron chi connectivity index (χ3n) is 20.8. The minimum Gasteiger partial charge on any atom is -0.457 e. The number of carbonyl (C=O) groups excluding carboxylic acids is 4. The van der Waals surface area contributed by atoms with Gasteiger partial charge >= 0.3 is 5.69 Å². The second-order valence-corrected chi connectivity index (χ2v) is 33.0.